The van der Waals surface area contributed by atoms with Crippen LogP contribution in [0.1, 0.15) is 20.8 Å². The number of hydrogen-bond acceptors (Lipinski definition) is 1. The minimum Gasteiger partial charge on any atom is -0.349 e. The van der Waals surface area contributed by atoms with Crippen LogP contribution in [-0.4, -0.2) is 11.9 Å². The van der Waals surface area contributed by atoms with Gasteiger partial charge in [-0.1, -0.05) is 43.5 Å². The summed E-state index contributed by atoms with van der Waals surface area (Å²) < 4.78 is 0. The van der Waals surface area contributed by atoms with Crippen LogP contribution in [0, 0.1) is 0 Å². The molecule has 0 heterocycles. The summed E-state index contributed by atoms with van der Waals surface area (Å²) in [6.07, 6.45) is 9.91. The molecule has 0 aromatic rings. The summed E-state index contributed by atoms with van der Waals surface area (Å²) >= 11 is 0. The third kappa shape index (κ3) is 4.03. The Hall–Kier alpha value is -1.50. The van der Waals surface area contributed by atoms with Gasteiger partial charge in [-0.15, -0.1) is 0 Å². The second-order valence-corrected chi connectivity index (χ2v) is 3.31. The molecule has 15 heavy (non-hydrogen) atoms. The predicted molar refractivity (Wildman–Crippen MR) is 69.4 cm³/mol. The second kappa shape index (κ2) is 6.88. The summed E-state index contributed by atoms with van der Waals surface area (Å²) in [6, 6.07) is 0. The van der Waals surface area contributed by atoms with Crippen molar-refractivity contribution < 1.29 is 0 Å². The van der Waals surface area contributed by atoms with Crippen LogP contribution in [0.15, 0.2) is 60.5 Å². The van der Waals surface area contributed by atoms with Crippen LogP contribution in [0.5, 0.6) is 0 Å². The molecule has 0 unspecified atom stereocenters. The lowest BCUT2D eigenvalue weighted by atomic mass is 10.1. The van der Waals surface area contributed by atoms with Crippen molar-refractivity contribution in [3.63, 3.8) is 0 Å². The first-order chi connectivity index (χ1) is 7.08. The van der Waals surface area contributed by atoms with Gasteiger partial charge in [0.05, 0.1) is 0 Å². The zero-order valence-electron chi connectivity index (χ0n) is 10.2. The molecule has 0 aromatic heterocycles. The Morgan fingerprint density at radius 3 is 2.13 bits per heavy atom. The van der Waals surface area contributed by atoms with Gasteiger partial charge in [0.2, 0.25) is 0 Å². The summed E-state index contributed by atoms with van der Waals surface area (Å²) in [5.74, 6) is 0. The van der Waals surface area contributed by atoms with Crippen molar-refractivity contribution in [3.8, 4) is 0 Å². The fourth-order valence-corrected chi connectivity index (χ4v) is 1.26. The number of allylic oxidation sites excluding steroid dienone is 6. The van der Waals surface area contributed by atoms with Crippen LogP contribution in [0.4, 0.5) is 0 Å². The van der Waals surface area contributed by atoms with E-state index in [4.69, 9.17) is 0 Å². The minimum atomic E-state index is 1.02. The van der Waals surface area contributed by atoms with E-state index in [0.717, 1.165) is 11.4 Å². The van der Waals surface area contributed by atoms with Crippen molar-refractivity contribution in [1.29, 1.82) is 0 Å². The van der Waals surface area contributed by atoms with E-state index < -0.39 is 0 Å². The molecule has 0 N–H and O–H groups in total. The van der Waals surface area contributed by atoms with Crippen LogP contribution >= 0.6 is 0 Å². The first-order valence-electron chi connectivity index (χ1n) is 5.09. The van der Waals surface area contributed by atoms with Crippen molar-refractivity contribution >= 4 is 0 Å². The monoisotopic (exact) mass is 203 g/mol. The van der Waals surface area contributed by atoms with E-state index >= 15 is 0 Å². The average Bonchev–Trinajstić information content (AvgIpc) is 2.23. The van der Waals surface area contributed by atoms with E-state index in [1.807, 2.05) is 40.0 Å². The maximum absolute atomic E-state index is 3.93. The normalized spacial score (nSPS) is 13.1. The lowest BCUT2D eigenvalue weighted by Gasteiger charge is -2.23. The molecule has 0 atom stereocenters. The summed E-state index contributed by atoms with van der Waals surface area (Å²) in [4.78, 5) is 2.07. The fraction of sp³-hybridized carbons (Fsp3) is 0.286. The summed E-state index contributed by atoms with van der Waals surface area (Å²) in [6.45, 7) is 13.7. The van der Waals surface area contributed by atoms with E-state index in [2.05, 4.69) is 30.2 Å². The predicted octanol–water partition coefficient (Wildman–Crippen LogP) is 4.04. The van der Waals surface area contributed by atoms with Crippen LogP contribution in [0.2, 0.25) is 0 Å². The zero-order chi connectivity index (χ0) is 11.8. The van der Waals surface area contributed by atoms with Crippen LogP contribution in [-0.2, 0) is 0 Å². The van der Waals surface area contributed by atoms with Gasteiger partial charge in [-0.25, -0.2) is 0 Å². The molecule has 0 amide bonds. The minimum absolute atomic E-state index is 1.02. The third-order valence-electron chi connectivity index (χ3n) is 2.23. The lowest BCUT2D eigenvalue weighted by molar-refractivity contribution is 0.533. The van der Waals surface area contributed by atoms with Crippen molar-refractivity contribution in [1.82, 2.24) is 4.90 Å². The van der Waals surface area contributed by atoms with E-state index in [9.17, 15) is 0 Å². The average molecular weight is 203 g/mol. The highest BCUT2D eigenvalue weighted by molar-refractivity contribution is 5.40. The van der Waals surface area contributed by atoms with Gasteiger partial charge in [0.1, 0.15) is 0 Å². The van der Waals surface area contributed by atoms with Gasteiger partial charge in [0, 0.05) is 18.4 Å². The fourth-order valence-electron chi connectivity index (χ4n) is 1.26. The van der Waals surface area contributed by atoms with Gasteiger partial charge in [0.25, 0.3) is 0 Å². The van der Waals surface area contributed by atoms with Crippen LogP contribution in [0.3, 0.4) is 0 Å². The Morgan fingerprint density at radius 2 is 1.80 bits per heavy atom. The number of nitrogens with zero attached hydrogens (tertiary/aromatic N) is 1. The molecular formula is C14H21N. The highest BCUT2D eigenvalue weighted by Gasteiger charge is 2.06. The molecule has 0 aliphatic rings. The topological polar surface area (TPSA) is 3.24 Å². The Morgan fingerprint density at radius 1 is 1.20 bits per heavy atom. The first-order valence-corrected chi connectivity index (χ1v) is 5.09. The van der Waals surface area contributed by atoms with E-state index in [1.165, 1.54) is 5.57 Å². The van der Waals surface area contributed by atoms with Gasteiger partial charge in [-0.3, -0.25) is 0 Å². The van der Waals surface area contributed by atoms with Crippen molar-refractivity contribution in [2.45, 2.75) is 20.8 Å². The molecule has 1 heteroatoms. The maximum Gasteiger partial charge on any atom is 0.0432 e. The summed E-state index contributed by atoms with van der Waals surface area (Å²) in [5, 5.41) is 0. The molecule has 82 valence electrons. The van der Waals surface area contributed by atoms with E-state index in [1.54, 1.807) is 6.08 Å². The molecule has 0 aliphatic carbocycles. The Kier molecular flexibility index (Phi) is 6.19. The smallest absolute Gasteiger partial charge is 0.0432 e. The molecule has 0 saturated heterocycles. The molecule has 0 bridgehead atoms. The van der Waals surface area contributed by atoms with Crippen molar-refractivity contribution in [2.75, 3.05) is 7.05 Å². The highest BCUT2D eigenvalue weighted by Crippen LogP contribution is 2.18. The maximum atomic E-state index is 3.93. The Labute approximate surface area is 93.8 Å². The third-order valence-corrected chi connectivity index (χ3v) is 2.23. The molecule has 0 aliphatic heterocycles. The summed E-state index contributed by atoms with van der Waals surface area (Å²) in [7, 11) is 2.02. The lowest BCUT2D eigenvalue weighted by Crippen LogP contribution is -2.15. The van der Waals surface area contributed by atoms with Crippen LogP contribution in [0.25, 0.3) is 0 Å². The van der Waals surface area contributed by atoms with Gasteiger partial charge in [-0.2, -0.15) is 0 Å². The van der Waals surface area contributed by atoms with Crippen molar-refractivity contribution in [2.24, 2.45) is 0 Å². The molecule has 0 saturated carbocycles. The quantitative estimate of drug-likeness (QED) is 0.609. The number of hydrogen-bond donors (Lipinski definition) is 0. The Bertz CT molecular complexity index is 316. The van der Waals surface area contributed by atoms with Crippen LogP contribution < -0.4 is 0 Å². The molecule has 0 aromatic carbocycles. The molecular weight excluding hydrogens is 182 g/mol. The molecule has 0 rings (SSSR count). The molecule has 0 radical (unpaired) electrons. The van der Waals surface area contributed by atoms with E-state index in [-0.39, 0.29) is 0 Å². The van der Waals surface area contributed by atoms with Gasteiger partial charge in [0.15, 0.2) is 0 Å². The second-order valence-electron chi connectivity index (χ2n) is 3.31. The standard InChI is InChI=1S/C14H21N/c1-7-10-11-13(8-2)14(9-3)15(6)12(4)5/h7-11H,1,4H2,2-3,5-6H3/b11-10-,13-8+,14-9-. The summed E-state index contributed by atoms with van der Waals surface area (Å²) in [5.41, 5.74) is 3.35. The molecule has 1 nitrogen and oxygen atoms in total. The highest BCUT2D eigenvalue weighted by atomic mass is 15.1. The molecule has 0 fully saturated rings. The van der Waals surface area contributed by atoms with Gasteiger partial charge in [-0.05, 0) is 26.3 Å². The largest absolute Gasteiger partial charge is 0.349 e. The Balaban J connectivity index is 5.04. The van der Waals surface area contributed by atoms with Gasteiger partial charge < -0.3 is 4.90 Å². The number of rotatable bonds is 5. The first kappa shape index (κ1) is 13.5. The van der Waals surface area contributed by atoms with E-state index in [0.29, 0.717) is 0 Å². The molecule has 0 spiro atoms. The van der Waals surface area contributed by atoms with Gasteiger partial charge >= 0.3 is 0 Å². The van der Waals surface area contributed by atoms with Crippen molar-refractivity contribution in [3.05, 3.63) is 60.5 Å². The zero-order valence-corrected chi connectivity index (χ0v) is 10.2. The SMILES string of the molecule is C=C\C=C/C(=C\C)C(=C/C)/N(C)C(=C)C. The number of likely N-dealkylation sites (N-methyl/N-ethyl adjacent to an activating group) is 1.